The van der Waals surface area contributed by atoms with Gasteiger partial charge in [-0.1, -0.05) is 0 Å². The van der Waals surface area contributed by atoms with Gasteiger partial charge in [0.05, 0.1) is 28.9 Å². The highest BCUT2D eigenvalue weighted by atomic mass is 19.4. The van der Waals surface area contributed by atoms with E-state index in [1.165, 1.54) is 13.0 Å². The quantitative estimate of drug-likeness (QED) is 0.302. The van der Waals surface area contributed by atoms with Gasteiger partial charge in [-0.15, -0.1) is 0 Å². The second kappa shape index (κ2) is 9.31. The second-order valence-electron chi connectivity index (χ2n) is 7.14. The molecule has 1 amide bonds. The predicted molar refractivity (Wildman–Crippen MR) is 108 cm³/mol. The number of benzene rings is 1. The van der Waals surface area contributed by atoms with E-state index in [2.05, 4.69) is 0 Å². The van der Waals surface area contributed by atoms with Crippen molar-refractivity contribution in [3.8, 4) is 5.69 Å². The first-order valence-corrected chi connectivity index (χ1v) is 9.78. The lowest BCUT2D eigenvalue weighted by atomic mass is 10.1. The number of carbonyl (C=O) groups is 2. The summed E-state index contributed by atoms with van der Waals surface area (Å²) >= 11 is 0. The minimum atomic E-state index is -5.14. The molecule has 3 rings (SSSR count). The number of ether oxygens (including phenoxy) is 1. The number of rotatable bonds is 6. The van der Waals surface area contributed by atoms with Gasteiger partial charge in [-0.25, -0.2) is 0 Å². The van der Waals surface area contributed by atoms with E-state index >= 15 is 0 Å². The lowest BCUT2D eigenvalue weighted by molar-refractivity contribution is -0.173. The van der Waals surface area contributed by atoms with Crippen LogP contribution in [0.4, 0.5) is 26.3 Å². The molecular weight excluding hydrogens is 490 g/mol. The highest BCUT2D eigenvalue weighted by Gasteiger charge is 2.38. The van der Waals surface area contributed by atoms with Gasteiger partial charge in [-0.3, -0.25) is 23.7 Å². The third-order valence-corrected chi connectivity index (χ3v) is 4.73. The summed E-state index contributed by atoms with van der Waals surface area (Å²) in [6, 6.07) is 2.64. The molecule has 0 aliphatic rings. The summed E-state index contributed by atoms with van der Waals surface area (Å²) in [5.74, 6) is -3.13. The lowest BCUT2D eigenvalue weighted by Crippen LogP contribution is -2.38. The molecule has 0 saturated carbocycles. The number of carbonyl (C=O) groups excluding carboxylic acids is 2. The zero-order valence-corrected chi connectivity index (χ0v) is 17.7. The van der Waals surface area contributed by atoms with Crippen LogP contribution in [0.2, 0.25) is 0 Å². The van der Waals surface area contributed by atoms with Crippen LogP contribution in [-0.2, 0) is 33.6 Å². The van der Waals surface area contributed by atoms with E-state index in [-0.39, 0.29) is 23.2 Å². The van der Waals surface area contributed by atoms with Gasteiger partial charge in [-0.05, 0) is 30.7 Å². The van der Waals surface area contributed by atoms with Crippen molar-refractivity contribution in [1.82, 2.24) is 19.4 Å². The molecule has 0 saturated heterocycles. The number of hydrogen-bond donors (Lipinski definition) is 2. The van der Waals surface area contributed by atoms with Crippen molar-refractivity contribution in [3.63, 3.8) is 0 Å². The first-order chi connectivity index (χ1) is 16.2. The first-order valence-electron chi connectivity index (χ1n) is 9.78. The normalized spacial score (nSPS) is 12.1. The molecule has 35 heavy (non-hydrogen) atoms. The lowest BCUT2D eigenvalue weighted by Gasteiger charge is -2.17. The van der Waals surface area contributed by atoms with E-state index in [1.54, 1.807) is 5.32 Å². The Bertz CT molecular complexity index is 1400. The zero-order valence-electron chi connectivity index (χ0n) is 17.7. The van der Waals surface area contributed by atoms with Crippen LogP contribution in [0.5, 0.6) is 0 Å². The van der Waals surface area contributed by atoms with Gasteiger partial charge in [-0.2, -0.15) is 26.3 Å². The number of H-pyrrole nitrogens is 1. The van der Waals surface area contributed by atoms with Gasteiger partial charge in [0, 0.05) is 18.9 Å². The summed E-state index contributed by atoms with van der Waals surface area (Å²) in [4.78, 5) is 49.2. The number of nitrogens with one attached hydrogen (secondary N) is 2. The molecule has 3 aromatic rings. The molecule has 0 spiro atoms. The second-order valence-corrected chi connectivity index (χ2v) is 7.14. The third-order valence-electron chi connectivity index (χ3n) is 4.73. The molecule has 0 fully saturated rings. The maximum Gasteiger partial charge on any atom is 0.471 e. The molecule has 188 valence electrons. The number of esters is 1. The van der Waals surface area contributed by atoms with E-state index in [0.29, 0.717) is 10.6 Å². The average molecular weight is 506 g/mol. The van der Waals surface area contributed by atoms with Gasteiger partial charge in [0.25, 0.3) is 0 Å². The van der Waals surface area contributed by atoms with Gasteiger partial charge in [0.1, 0.15) is 6.54 Å². The maximum atomic E-state index is 13.8. The van der Waals surface area contributed by atoms with Gasteiger partial charge in [0.15, 0.2) is 0 Å². The van der Waals surface area contributed by atoms with Crippen LogP contribution in [0.3, 0.4) is 0 Å². The van der Waals surface area contributed by atoms with Crippen molar-refractivity contribution in [2.75, 3.05) is 6.61 Å². The summed E-state index contributed by atoms with van der Waals surface area (Å²) in [6.45, 7) is 0.0692. The molecule has 15 heteroatoms. The molecular formula is C20H16F6N4O5. The number of aromatic amines is 1. The van der Waals surface area contributed by atoms with Crippen molar-refractivity contribution in [3.05, 3.63) is 62.4 Å². The van der Waals surface area contributed by atoms with Gasteiger partial charge in [0.2, 0.25) is 0 Å². The van der Waals surface area contributed by atoms with E-state index in [0.717, 1.165) is 23.0 Å². The summed E-state index contributed by atoms with van der Waals surface area (Å²) in [5.41, 5.74) is -4.84. The van der Waals surface area contributed by atoms with E-state index < -0.39 is 59.7 Å². The Balaban J connectivity index is 2.14. The Morgan fingerprint density at radius 3 is 2.40 bits per heavy atom. The van der Waals surface area contributed by atoms with Crippen LogP contribution in [-0.4, -0.2) is 38.8 Å². The van der Waals surface area contributed by atoms with Crippen molar-refractivity contribution >= 4 is 22.9 Å². The van der Waals surface area contributed by atoms with E-state index in [1.807, 2.05) is 4.98 Å². The molecule has 9 nitrogen and oxygen atoms in total. The van der Waals surface area contributed by atoms with E-state index in [4.69, 9.17) is 4.74 Å². The van der Waals surface area contributed by atoms with Crippen LogP contribution in [0.25, 0.3) is 16.7 Å². The predicted octanol–water partition coefficient (Wildman–Crippen LogP) is 2.24. The molecule has 0 bridgehead atoms. The Morgan fingerprint density at radius 1 is 1.11 bits per heavy atom. The Morgan fingerprint density at radius 2 is 1.80 bits per heavy atom. The van der Waals surface area contributed by atoms with Crippen LogP contribution in [0.1, 0.15) is 18.1 Å². The fourth-order valence-electron chi connectivity index (χ4n) is 3.22. The summed E-state index contributed by atoms with van der Waals surface area (Å²) in [6.07, 6.45) is -7.93. The molecule has 0 atom stereocenters. The van der Waals surface area contributed by atoms with Gasteiger partial charge >= 0.3 is 35.3 Å². The average Bonchev–Trinajstić information content (AvgIpc) is 3.22. The van der Waals surface area contributed by atoms with Crippen LogP contribution in [0, 0.1) is 0 Å². The third kappa shape index (κ3) is 5.55. The standard InChI is InChI=1S/C20H16F6N4O5/c1-2-35-15(31)9-30-14-6-13(11(19(21,22)23)5-12(14)28-16(32)17(30)33)29-4-3-10(8-29)7-27-18(34)20(24,25)26/h3-6,8H,2,7,9H2,1H3,(H,27,34)(H,28,32). The monoisotopic (exact) mass is 506 g/mol. The molecule has 2 aromatic heterocycles. The SMILES string of the molecule is CCOC(=O)Cn1c(=O)c(=O)[nH]c2cc(C(F)(F)F)c(-n3ccc(CNC(=O)C(F)(F)F)c3)cc21. The van der Waals surface area contributed by atoms with Crippen molar-refractivity contribution in [1.29, 1.82) is 0 Å². The topological polar surface area (TPSA) is 115 Å². The van der Waals surface area contributed by atoms with Crippen LogP contribution >= 0.6 is 0 Å². The molecule has 0 unspecified atom stereocenters. The molecule has 0 aliphatic heterocycles. The maximum absolute atomic E-state index is 13.8. The number of amides is 1. The molecule has 1 aromatic carbocycles. The number of fused-ring (bicyclic) bond motifs is 1. The van der Waals surface area contributed by atoms with Crippen molar-refractivity contribution in [2.24, 2.45) is 0 Å². The van der Waals surface area contributed by atoms with Crippen LogP contribution < -0.4 is 16.4 Å². The number of aromatic nitrogens is 3. The van der Waals surface area contributed by atoms with Gasteiger partial charge < -0.3 is 19.6 Å². The Labute approximate surface area is 190 Å². The summed E-state index contributed by atoms with van der Waals surface area (Å²) < 4.78 is 84.9. The summed E-state index contributed by atoms with van der Waals surface area (Å²) in [7, 11) is 0. The highest BCUT2D eigenvalue weighted by Crippen LogP contribution is 2.36. The molecule has 2 N–H and O–H groups in total. The number of nitrogens with zero attached hydrogens (tertiary/aromatic N) is 2. The summed E-state index contributed by atoms with van der Waals surface area (Å²) in [5, 5.41) is 1.60. The fourth-order valence-corrected chi connectivity index (χ4v) is 3.22. The van der Waals surface area contributed by atoms with Crippen molar-refractivity contribution in [2.45, 2.75) is 32.4 Å². The van der Waals surface area contributed by atoms with E-state index in [9.17, 15) is 45.5 Å². The number of hydrogen-bond acceptors (Lipinski definition) is 5. The highest BCUT2D eigenvalue weighted by molar-refractivity contribution is 5.82. The smallest absolute Gasteiger partial charge is 0.465 e. The molecule has 2 heterocycles. The van der Waals surface area contributed by atoms with Crippen LogP contribution in [0.15, 0.2) is 40.2 Å². The fraction of sp³-hybridized carbons (Fsp3) is 0.300. The molecule has 0 radical (unpaired) electrons. The minimum absolute atomic E-state index is 0.0428. The largest absolute Gasteiger partial charge is 0.471 e. The first kappa shape index (κ1) is 25.6. The van der Waals surface area contributed by atoms with Crippen molar-refractivity contribution < 1.29 is 40.7 Å². The Hall–Kier alpha value is -4.04. The zero-order chi connectivity index (χ0) is 26.1. The number of halogens is 6. The Kier molecular flexibility index (Phi) is 6.80. The molecule has 0 aliphatic carbocycles. The number of alkyl halides is 6. The minimum Gasteiger partial charge on any atom is -0.465 e.